The molecule has 4 heterocycles. The fraction of sp³-hybridized carbons (Fsp3) is 0.421. The van der Waals surface area contributed by atoms with Gasteiger partial charge in [-0.25, -0.2) is 18.2 Å². The summed E-state index contributed by atoms with van der Waals surface area (Å²) in [6, 6.07) is 1.44. The van der Waals surface area contributed by atoms with Gasteiger partial charge in [0, 0.05) is 18.0 Å². The van der Waals surface area contributed by atoms with Crippen LogP contribution >= 0.6 is 22.7 Å². The number of hydrogen-bond acceptors (Lipinski definition) is 8. The van der Waals surface area contributed by atoms with E-state index < -0.39 is 16.0 Å². The van der Waals surface area contributed by atoms with Crippen LogP contribution in [-0.4, -0.2) is 41.7 Å². The SMILES string of the molecule is Cc1sc2nc(COC(=O)c3sccc3S(=O)(=O)N3CCCCC3)[nH]c(=O)c2c1C. The number of piperidine rings is 1. The highest BCUT2D eigenvalue weighted by Crippen LogP contribution is 2.29. The lowest BCUT2D eigenvalue weighted by Gasteiger charge is -2.25. The molecule has 1 aliphatic rings. The topological polar surface area (TPSA) is 109 Å². The zero-order valence-electron chi connectivity index (χ0n) is 16.6. The Labute approximate surface area is 181 Å². The quantitative estimate of drug-likeness (QED) is 0.577. The standard InChI is InChI=1S/C19H21N3O5S3/c1-11-12(2)29-18-15(11)17(23)20-14(21-18)10-27-19(24)16-13(6-9-28-16)30(25,26)22-7-4-3-5-8-22/h6,9H,3-5,7-8,10H2,1-2H3,(H,20,21,23). The Bertz CT molecular complexity index is 1270. The fourth-order valence-electron chi connectivity index (χ4n) is 3.46. The third kappa shape index (κ3) is 3.82. The van der Waals surface area contributed by atoms with Crippen LogP contribution in [0.5, 0.6) is 0 Å². The Morgan fingerprint density at radius 2 is 2.00 bits per heavy atom. The first-order valence-electron chi connectivity index (χ1n) is 9.52. The Morgan fingerprint density at radius 1 is 1.27 bits per heavy atom. The molecule has 0 amide bonds. The Morgan fingerprint density at radius 3 is 2.73 bits per heavy atom. The van der Waals surface area contributed by atoms with Crippen LogP contribution in [0.25, 0.3) is 10.2 Å². The number of aryl methyl sites for hydroxylation is 2. The molecule has 3 aromatic rings. The first-order chi connectivity index (χ1) is 14.3. The van der Waals surface area contributed by atoms with Crippen molar-refractivity contribution in [2.75, 3.05) is 13.1 Å². The number of fused-ring (bicyclic) bond motifs is 1. The lowest BCUT2D eigenvalue weighted by atomic mass is 10.2. The second-order valence-electron chi connectivity index (χ2n) is 7.13. The number of sulfonamides is 1. The number of ether oxygens (including phenoxy) is 1. The van der Waals surface area contributed by atoms with Crippen molar-refractivity contribution in [1.29, 1.82) is 0 Å². The lowest BCUT2D eigenvalue weighted by Crippen LogP contribution is -2.36. The van der Waals surface area contributed by atoms with Crippen molar-refractivity contribution in [3.05, 3.63) is 42.9 Å². The lowest BCUT2D eigenvalue weighted by molar-refractivity contribution is 0.0464. The summed E-state index contributed by atoms with van der Waals surface area (Å²) in [5.74, 6) is -0.527. The second-order valence-corrected chi connectivity index (χ2v) is 11.2. The van der Waals surface area contributed by atoms with E-state index in [0.717, 1.165) is 41.0 Å². The normalized spacial score (nSPS) is 15.5. The van der Waals surface area contributed by atoms with Gasteiger partial charge in [-0.15, -0.1) is 22.7 Å². The number of thiophene rings is 2. The van der Waals surface area contributed by atoms with Crippen LogP contribution in [0.15, 0.2) is 21.1 Å². The molecule has 0 atom stereocenters. The number of nitrogens with one attached hydrogen (secondary N) is 1. The van der Waals surface area contributed by atoms with Crippen molar-refractivity contribution in [1.82, 2.24) is 14.3 Å². The molecular formula is C19H21N3O5S3. The number of aromatic nitrogens is 2. The molecule has 0 aromatic carbocycles. The van der Waals surface area contributed by atoms with Crippen molar-refractivity contribution >= 4 is 48.9 Å². The highest BCUT2D eigenvalue weighted by Gasteiger charge is 2.31. The molecule has 0 saturated carbocycles. The van der Waals surface area contributed by atoms with Crippen LogP contribution in [0, 0.1) is 13.8 Å². The molecule has 0 spiro atoms. The Kier molecular flexibility index (Phi) is 5.80. The van der Waals surface area contributed by atoms with E-state index in [2.05, 4.69) is 9.97 Å². The first-order valence-corrected chi connectivity index (χ1v) is 12.7. The minimum Gasteiger partial charge on any atom is -0.453 e. The average molecular weight is 468 g/mol. The molecule has 160 valence electrons. The number of rotatable bonds is 5. The van der Waals surface area contributed by atoms with Gasteiger partial charge in [0.25, 0.3) is 5.56 Å². The van der Waals surface area contributed by atoms with Crippen LogP contribution in [-0.2, 0) is 21.4 Å². The number of H-pyrrole nitrogens is 1. The van der Waals surface area contributed by atoms with Crippen molar-refractivity contribution < 1.29 is 17.9 Å². The summed E-state index contributed by atoms with van der Waals surface area (Å²) in [7, 11) is -3.74. The van der Waals surface area contributed by atoms with Crippen LogP contribution in [0.3, 0.4) is 0 Å². The number of esters is 1. The third-order valence-electron chi connectivity index (χ3n) is 5.18. The molecule has 0 unspecified atom stereocenters. The van der Waals surface area contributed by atoms with E-state index in [0.29, 0.717) is 23.3 Å². The van der Waals surface area contributed by atoms with Gasteiger partial charge in [0.1, 0.15) is 27.0 Å². The Hall–Kier alpha value is -2.08. The fourth-order valence-corrected chi connectivity index (χ4v) is 7.31. The van der Waals surface area contributed by atoms with Crippen molar-refractivity contribution in [2.45, 2.75) is 44.6 Å². The van der Waals surface area contributed by atoms with Gasteiger partial charge in [-0.05, 0) is 43.7 Å². The van der Waals surface area contributed by atoms with Gasteiger partial charge < -0.3 is 9.72 Å². The van der Waals surface area contributed by atoms with E-state index in [4.69, 9.17) is 4.74 Å². The van der Waals surface area contributed by atoms with Gasteiger partial charge >= 0.3 is 5.97 Å². The van der Waals surface area contributed by atoms with Crippen molar-refractivity contribution in [3.63, 3.8) is 0 Å². The van der Waals surface area contributed by atoms with Gasteiger partial charge in [0.2, 0.25) is 10.0 Å². The third-order valence-corrected chi connectivity index (χ3v) is 9.24. The summed E-state index contributed by atoms with van der Waals surface area (Å²) in [6.07, 6.45) is 2.63. The minimum absolute atomic E-state index is 0.0270. The van der Waals surface area contributed by atoms with Gasteiger partial charge in [-0.1, -0.05) is 6.42 Å². The van der Waals surface area contributed by atoms with Crippen LogP contribution in [0.4, 0.5) is 0 Å². The van der Waals surface area contributed by atoms with E-state index in [9.17, 15) is 18.0 Å². The molecular weight excluding hydrogens is 446 g/mol. The molecule has 1 N–H and O–H groups in total. The van der Waals surface area contributed by atoms with E-state index >= 15 is 0 Å². The maximum absolute atomic E-state index is 12.9. The van der Waals surface area contributed by atoms with E-state index in [1.807, 2.05) is 13.8 Å². The summed E-state index contributed by atoms with van der Waals surface area (Å²) in [6.45, 7) is 4.45. The van der Waals surface area contributed by atoms with Crippen LogP contribution in [0.1, 0.15) is 45.2 Å². The molecule has 0 radical (unpaired) electrons. The van der Waals surface area contributed by atoms with Crippen molar-refractivity contribution in [2.24, 2.45) is 0 Å². The van der Waals surface area contributed by atoms with E-state index in [1.54, 1.807) is 5.38 Å². The molecule has 4 rings (SSSR count). The van der Waals surface area contributed by atoms with E-state index in [1.165, 1.54) is 21.7 Å². The van der Waals surface area contributed by atoms with Gasteiger partial charge in [-0.2, -0.15) is 4.31 Å². The molecule has 0 bridgehead atoms. The number of hydrogen-bond donors (Lipinski definition) is 1. The molecule has 1 fully saturated rings. The van der Waals surface area contributed by atoms with Crippen LogP contribution < -0.4 is 5.56 Å². The van der Waals surface area contributed by atoms with Gasteiger partial charge in [0.05, 0.1) is 5.39 Å². The number of nitrogens with zero attached hydrogens (tertiary/aromatic N) is 2. The molecule has 30 heavy (non-hydrogen) atoms. The monoisotopic (exact) mass is 467 g/mol. The second kappa shape index (κ2) is 8.22. The predicted molar refractivity (Wildman–Crippen MR) is 116 cm³/mol. The number of carbonyl (C=O) groups is 1. The summed E-state index contributed by atoms with van der Waals surface area (Å²) in [5.41, 5.74) is 0.607. The predicted octanol–water partition coefficient (Wildman–Crippen LogP) is 3.19. The Balaban J connectivity index is 1.54. The highest BCUT2D eigenvalue weighted by molar-refractivity contribution is 7.89. The number of aromatic amines is 1. The smallest absolute Gasteiger partial charge is 0.350 e. The zero-order valence-corrected chi connectivity index (χ0v) is 19.0. The van der Waals surface area contributed by atoms with Crippen LogP contribution in [0.2, 0.25) is 0 Å². The largest absolute Gasteiger partial charge is 0.453 e. The maximum atomic E-state index is 12.9. The van der Waals surface area contributed by atoms with Gasteiger partial charge in [-0.3, -0.25) is 4.79 Å². The maximum Gasteiger partial charge on any atom is 0.350 e. The molecule has 1 aliphatic heterocycles. The van der Waals surface area contributed by atoms with Gasteiger partial charge in [0.15, 0.2) is 0 Å². The molecule has 1 saturated heterocycles. The summed E-state index contributed by atoms with van der Waals surface area (Å²) >= 11 is 2.43. The zero-order chi connectivity index (χ0) is 21.5. The average Bonchev–Trinajstić information content (AvgIpc) is 3.33. The first kappa shape index (κ1) is 21.2. The summed E-state index contributed by atoms with van der Waals surface area (Å²) in [5, 5.41) is 2.11. The minimum atomic E-state index is -3.74. The van der Waals surface area contributed by atoms with E-state index in [-0.39, 0.29) is 27.8 Å². The molecule has 0 aliphatic carbocycles. The summed E-state index contributed by atoms with van der Waals surface area (Å²) < 4.78 is 32.6. The molecule has 11 heteroatoms. The van der Waals surface area contributed by atoms with Crippen molar-refractivity contribution in [3.8, 4) is 0 Å². The molecule has 8 nitrogen and oxygen atoms in total. The summed E-state index contributed by atoms with van der Waals surface area (Å²) in [4.78, 5) is 33.6. The highest BCUT2D eigenvalue weighted by atomic mass is 32.2. The number of carbonyl (C=O) groups excluding carboxylic acids is 1. The molecule has 3 aromatic heterocycles.